The van der Waals surface area contributed by atoms with Crippen LogP contribution in [0.2, 0.25) is 0 Å². The molecule has 0 aliphatic heterocycles. The van der Waals surface area contributed by atoms with Gasteiger partial charge in [0.2, 0.25) is 0 Å². The summed E-state index contributed by atoms with van der Waals surface area (Å²) in [6, 6.07) is 2.92. The van der Waals surface area contributed by atoms with Gasteiger partial charge >= 0.3 is 12.0 Å². The molecule has 1 aliphatic carbocycles. The molecule has 0 bridgehead atoms. The Hall–Kier alpha value is -1.96. The van der Waals surface area contributed by atoms with Crippen LogP contribution in [0.3, 0.4) is 0 Å². The van der Waals surface area contributed by atoms with E-state index in [0.717, 1.165) is 37.8 Å². The molecule has 6 nitrogen and oxygen atoms in total. The van der Waals surface area contributed by atoms with Crippen LogP contribution in [-0.2, 0) is 9.53 Å². The average Bonchev–Trinajstić information content (AvgIpc) is 2.54. The Kier molecular flexibility index (Phi) is 6.92. The Morgan fingerprint density at radius 3 is 2.68 bits per heavy atom. The number of halogens is 2. The fourth-order valence-corrected chi connectivity index (χ4v) is 3.27. The number of ether oxygens (including phenoxy) is 1. The number of nitrogens with one attached hydrogen (secondary N) is 2. The van der Waals surface area contributed by atoms with Crippen molar-refractivity contribution in [2.45, 2.75) is 38.6 Å². The molecule has 8 heteroatoms. The van der Waals surface area contributed by atoms with E-state index in [1.807, 2.05) is 0 Å². The molecule has 2 rings (SSSR count). The van der Waals surface area contributed by atoms with Gasteiger partial charge in [0.1, 0.15) is 5.82 Å². The van der Waals surface area contributed by atoms with Crippen LogP contribution in [0.15, 0.2) is 22.7 Å². The molecule has 2 N–H and O–H groups in total. The highest BCUT2D eigenvalue weighted by atomic mass is 79.9. The molecule has 3 amide bonds. The number of hydrogen-bond donors (Lipinski definition) is 2. The lowest BCUT2D eigenvalue weighted by molar-refractivity contribution is -0.123. The predicted octanol–water partition coefficient (Wildman–Crippen LogP) is 3.15. The minimum atomic E-state index is -0.789. The Balaban J connectivity index is 1.77. The van der Waals surface area contributed by atoms with Gasteiger partial charge in [0.05, 0.1) is 5.56 Å². The summed E-state index contributed by atoms with van der Waals surface area (Å²) in [5.74, 6) is -1.66. The molecule has 0 spiro atoms. The first kappa shape index (κ1) is 19.4. The topological polar surface area (TPSA) is 84.5 Å². The van der Waals surface area contributed by atoms with E-state index in [2.05, 4.69) is 33.5 Å². The normalized spacial score (nSPS) is 19.8. The molecule has 0 aromatic heterocycles. The molecule has 1 saturated carbocycles. The van der Waals surface area contributed by atoms with Crippen molar-refractivity contribution in [1.29, 1.82) is 0 Å². The summed E-state index contributed by atoms with van der Waals surface area (Å²) in [5.41, 5.74) is 0.0923. The first-order valence-electron chi connectivity index (χ1n) is 8.09. The lowest BCUT2D eigenvalue weighted by atomic mass is 9.86. The van der Waals surface area contributed by atoms with Gasteiger partial charge in [-0.05, 0) is 52.9 Å². The van der Waals surface area contributed by atoms with Crippen molar-refractivity contribution in [2.75, 3.05) is 6.61 Å². The Labute approximate surface area is 153 Å². The maximum absolute atomic E-state index is 13.0. The van der Waals surface area contributed by atoms with Crippen LogP contribution in [0.5, 0.6) is 0 Å². The highest BCUT2D eigenvalue weighted by molar-refractivity contribution is 9.10. The maximum Gasteiger partial charge on any atom is 0.339 e. The second-order valence-electron chi connectivity index (χ2n) is 6.09. The molecule has 0 heterocycles. The van der Waals surface area contributed by atoms with Gasteiger partial charge in [0, 0.05) is 10.5 Å². The summed E-state index contributed by atoms with van der Waals surface area (Å²) in [7, 11) is 0. The molecule has 1 aromatic rings. The zero-order chi connectivity index (χ0) is 18.4. The molecule has 1 fully saturated rings. The van der Waals surface area contributed by atoms with Crippen LogP contribution >= 0.6 is 15.9 Å². The van der Waals surface area contributed by atoms with E-state index < -0.39 is 30.3 Å². The maximum atomic E-state index is 13.0. The summed E-state index contributed by atoms with van der Waals surface area (Å²) in [6.45, 7) is 1.46. The second-order valence-corrected chi connectivity index (χ2v) is 6.94. The third kappa shape index (κ3) is 5.81. The number of urea groups is 1. The van der Waals surface area contributed by atoms with Crippen molar-refractivity contribution >= 4 is 33.8 Å². The third-order valence-electron chi connectivity index (χ3n) is 4.17. The zero-order valence-corrected chi connectivity index (χ0v) is 15.4. The molecular formula is C17H20BrFN2O4. The Bertz CT molecular complexity index is 668. The van der Waals surface area contributed by atoms with Crippen molar-refractivity contribution in [3.05, 3.63) is 34.1 Å². The molecular weight excluding hydrogens is 395 g/mol. The molecule has 0 unspecified atom stereocenters. The van der Waals surface area contributed by atoms with Crippen molar-refractivity contribution < 1.29 is 23.5 Å². The summed E-state index contributed by atoms with van der Waals surface area (Å²) in [6.07, 6.45) is 4.13. The smallest absolute Gasteiger partial charge is 0.339 e. The van der Waals surface area contributed by atoms with Crippen LogP contribution in [-0.4, -0.2) is 30.6 Å². The van der Waals surface area contributed by atoms with E-state index >= 15 is 0 Å². The van der Waals surface area contributed by atoms with Gasteiger partial charge in [-0.25, -0.2) is 14.0 Å². The number of imide groups is 1. The van der Waals surface area contributed by atoms with Crippen LogP contribution in [0.4, 0.5) is 9.18 Å². The summed E-state index contributed by atoms with van der Waals surface area (Å²) in [4.78, 5) is 35.4. The van der Waals surface area contributed by atoms with E-state index in [0.29, 0.717) is 5.92 Å². The van der Waals surface area contributed by atoms with Crippen LogP contribution in [0.1, 0.15) is 43.0 Å². The van der Waals surface area contributed by atoms with Gasteiger partial charge in [0.15, 0.2) is 6.61 Å². The fourth-order valence-electron chi connectivity index (χ4n) is 2.76. The molecule has 1 aromatic carbocycles. The quantitative estimate of drug-likeness (QED) is 0.741. The number of hydrogen-bond acceptors (Lipinski definition) is 4. The predicted molar refractivity (Wildman–Crippen MR) is 92.5 cm³/mol. The van der Waals surface area contributed by atoms with Gasteiger partial charge < -0.3 is 10.1 Å². The summed E-state index contributed by atoms with van der Waals surface area (Å²) < 4.78 is 18.1. The van der Waals surface area contributed by atoms with Gasteiger partial charge in [-0.15, -0.1) is 0 Å². The molecule has 136 valence electrons. The molecule has 2 atom stereocenters. The van der Waals surface area contributed by atoms with Gasteiger partial charge in [-0.3, -0.25) is 10.1 Å². The molecule has 0 radical (unpaired) electrons. The van der Waals surface area contributed by atoms with Crippen LogP contribution in [0.25, 0.3) is 0 Å². The average molecular weight is 415 g/mol. The highest BCUT2D eigenvalue weighted by Crippen LogP contribution is 2.23. The summed E-state index contributed by atoms with van der Waals surface area (Å²) in [5, 5.41) is 4.91. The number of carbonyl (C=O) groups is 3. The minimum Gasteiger partial charge on any atom is -0.452 e. The molecule has 1 aliphatic rings. The zero-order valence-electron chi connectivity index (χ0n) is 13.8. The molecule has 25 heavy (non-hydrogen) atoms. The lowest BCUT2D eigenvalue weighted by Gasteiger charge is -2.29. The van der Waals surface area contributed by atoms with E-state index in [4.69, 9.17) is 4.74 Å². The standard InChI is InChI=1S/C17H20BrFN2O4/c1-10-4-2-3-5-14(10)20-17(24)21-15(22)9-25-16(23)12-7-6-11(19)8-13(12)18/h6-8,10,14H,2-5,9H2,1H3,(H2,20,21,22,24)/t10-,14-/m0/s1. The van der Waals surface area contributed by atoms with E-state index in [1.165, 1.54) is 6.07 Å². The van der Waals surface area contributed by atoms with Gasteiger partial charge in [-0.2, -0.15) is 0 Å². The number of benzene rings is 1. The highest BCUT2D eigenvalue weighted by Gasteiger charge is 2.23. The van der Waals surface area contributed by atoms with Crippen molar-refractivity contribution in [2.24, 2.45) is 5.92 Å². The number of amides is 3. The van der Waals surface area contributed by atoms with E-state index in [9.17, 15) is 18.8 Å². The lowest BCUT2D eigenvalue weighted by Crippen LogP contribution is -2.48. The van der Waals surface area contributed by atoms with E-state index in [-0.39, 0.29) is 16.1 Å². The number of esters is 1. The number of carbonyl (C=O) groups excluding carboxylic acids is 3. The monoisotopic (exact) mass is 414 g/mol. The van der Waals surface area contributed by atoms with Crippen molar-refractivity contribution in [3.63, 3.8) is 0 Å². The largest absolute Gasteiger partial charge is 0.452 e. The van der Waals surface area contributed by atoms with Crippen molar-refractivity contribution in [1.82, 2.24) is 10.6 Å². The van der Waals surface area contributed by atoms with Crippen LogP contribution < -0.4 is 10.6 Å². The van der Waals surface area contributed by atoms with E-state index in [1.54, 1.807) is 0 Å². The Morgan fingerprint density at radius 1 is 1.28 bits per heavy atom. The summed E-state index contributed by atoms with van der Waals surface area (Å²) >= 11 is 3.05. The fraction of sp³-hybridized carbons (Fsp3) is 0.471. The van der Waals surface area contributed by atoms with Gasteiger partial charge in [-0.1, -0.05) is 19.8 Å². The first-order chi connectivity index (χ1) is 11.9. The third-order valence-corrected chi connectivity index (χ3v) is 4.82. The number of rotatable bonds is 4. The molecule has 0 saturated heterocycles. The van der Waals surface area contributed by atoms with Crippen molar-refractivity contribution in [3.8, 4) is 0 Å². The minimum absolute atomic E-state index is 0.0410. The first-order valence-corrected chi connectivity index (χ1v) is 8.88. The second kappa shape index (κ2) is 8.94. The SMILES string of the molecule is C[C@H]1CCCC[C@@H]1NC(=O)NC(=O)COC(=O)c1ccc(F)cc1Br. The van der Waals surface area contributed by atoms with Crippen LogP contribution in [0, 0.1) is 11.7 Å². The Morgan fingerprint density at radius 2 is 2.00 bits per heavy atom. The van der Waals surface area contributed by atoms with Gasteiger partial charge in [0.25, 0.3) is 5.91 Å².